The topological polar surface area (TPSA) is 170 Å². The molecule has 55 heavy (non-hydrogen) atoms. The minimum absolute atomic E-state index is 0.0264. The summed E-state index contributed by atoms with van der Waals surface area (Å²) < 4.78 is 47.6. The first-order valence-corrected chi connectivity index (χ1v) is 19.0. The molecule has 2 aromatic heterocycles. The molecule has 0 unspecified atom stereocenters. The molecule has 2 aliphatic rings. The van der Waals surface area contributed by atoms with Gasteiger partial charge in [-0.15, -0.1) is 22.7 Å². The van der Waals surface area contributed by atoms with Crippen molar-refractivity contribution in [1.82, 2.24) is 0 Å². The third kappa shape index (κ3) is 12.5. The van der Waals surface area contributed by atoms with Crippen LogP contribution in [0.2, 0.25) is 0 Å². The number of halogens is 2. The number of morpholine rings is 2. The average molecular weight is 803 g/mol. The van der Waals surface area contributed by atoms with Crippen LogP contribution in [-0.4, -0.2) is 94.7 Å². The number of nitrogens with zero attached hydrogens (tertiary/aromatic N) is 2. The number of aromatic carboxylic acids is 1. The number of thiophene rings is 2. The van der Waals surface area contributed by atoms with Crippen LogP contribution in [0.1, 0.15) is 65.0 Å². The molecule has 17 heteroatoms. The van der Waals surface area contributed by atoms with Crippen molar-refractivity contribution in [1.29, 1.82) is 0 Å². The number of rotatable bonds is 9. The van der Waals surface area contributed by atoms with Gasteiger partial charge in [0.2, 0.25) is 0 Å². The summed E-state index contributed by atoms with van der Waals surface area (Å²) in [6.07, 6.45) is 0. The van der Waals surface area contributed by atoms with Crippen LogP contribution in [0.25, 0.3) is 0 Å². The Bertz CT molecular complexity index is 1960. The summed E-state index contributed by atoms with van der Waals surface area (Å²) in [5.74, 6) is -3.24. The van der Waals surface area contributed by atoms with E-state index < -0.39 is 29.5 Å². The van der Waals surface area contributed by atoms with E-state index in [2.05, 4.69) is 5.32 Å². The van der Waals surface area contributed by atoms with Crippen LogP contribution in [-0.2, 0) is 18.9 Å². The number of nitrogens with two attached hydrogens (primary N) is 1. The lowest BCUT2D eigenvalue weighted by Gasteiger charge is -2.29. The van der Waals surface area contributed by atoms with Crippen LogP contribution in [0, 0.1) is 25.5 Å². The fraction of sp³-hybridized carbons (Fsp3) is 0.368. The number of carboxylic acid groups (broad SMARTS) is 1. The van der Waals surface area contributed by atoms with E-state index in [4.69, 9.17) is 29.8 Å². The molecular formula is C38H44F2N4O9S2. The van der Waals surface area contributed by atoms with Gasteiger partial charge in [0.15, 0.2) is 0 Å². The number of nitrogen functional groups attached to an aromatic ring is 1. The van der Waals surface area contributed by atoms with Gasteiger partial charge in [0.05, 0.1) is 55.2 Å². The van der Waals surface area contributed by atoms with Gasteiger partial charge in [0.1, 0.15) is 21.4 Å². The second-order valence-electron chi connectivity index (χ2n) is 12.1. The van der Waals surface area contributed by atoms with Gasteiger partial charge in [-0.1, -0.05) is 0 Å². The molecule has 6 rings (SSSR count). The first kappa shape index (κ1) is 42.6. The highest BCUT2D eigenvalue weighted by Gasteiger charge is 2.19. The van der Waals surface area contributed by atoms with E-state index in [1.165, 1.54) is 35.6 Å². The van der Waals surface area contributed by atoms with Crippen LogP contribution >= 0.6 is 22.7 Å². The zero-order valence-corrected chi connectivity index (χ0v) is 32.6. The lowest BCUT2D eigenvalue weighted by Crippen LogP contribution is -2.36. The minimum Gasteiger partial charge on any atom is -0.478 e. The molecule has 0 atom stereocenters. The Morgan fingerprint density at radius 1 is 0.727 bits per heavy atom. The molecular weight excluding hydrogens is 759 g/mol. The molecule has 2 aromatic carbocycles. The zero-order valence-electron chi connectivity index (χ0n) is 30.9. The van der Waals surface area contributed by atoms with Gasteiger partial charge in [-0.2, -0.15) is 0 Å². The van der Waals surface area contributed by atoms with Gasteiger partial charge in [-0.3, -0.25) is 4.79 Å². The van der Waals surface area contributed by atoms with Gasteiger partial charge in [-0.25, -0.2) is 23.2 Å². The molecule has 4 heterocycles. The molecule has 296 valence electrons. The van der Waals surface area contributed by atoms with Gasteiger partial charge < -0.3 is 44.9 Å². The summed E-state index contributed by atoms with van der Waals surface area (Å²) in [5, 5.41) is 12.7. The molecule has 0 bridgehead atoms. The zero-order chi connectivity index (χ0) is 40.1. The van der Waals surface area contributed by atoms with Crippen LogP contribution in [0.5, 0.6) is 0 Å². The van der Waals surface area contributed by atoms with Gasteiger partial charge in [0, 0.05) is 43.1 Å². The van der Waals surface area contributed by atoms with Crippen LogP contribution in [0.4, 0.5) is 30.2 Å². The smallest absolute Gasteiger partial charge is 0.348 e. The van der Waals surface area contributed by atoms with Crippen molar-refractivity contribution in [2.24, 2.45) is 0 Å². The van der Waals surface area contributed by atoms with Crippen molar-refractivity contribution in [3.05, 3.63) is 92.2 Å². The van der Waals surface area contributed by atoms with E-state index in [9.17, 15) is 28.0 Å². The third-order valence-corrected chi connectivity index (χ3v) is 10.2. The van der Waals surface area contributed by atoms with Crippen LogP contribution in [0.15, 0.2) is 48.5 Å². The van der Waals surface area contributed by atoms with Crippen LogP contribution in [0.3, 0.4) is 0 Å². The third-order valence-electron chi connectivity index (χ3n) is 8.04. The van der Waals surface area contributed by atoms with Crippen molar-refractivity contribution in [2.75, 3.05) is 86.7 Å². The lowest BCUT2D eigenvalue weighted by molar-refractivity contribution is 0.0521. The molecule has 2 aliphatic heterocycles. The highest BCUT2D eigenvalue weighted by molar-refractivity contribution is 7.18. The van der Waals surface area contributed by atoms with E-state index in [1.807, 2.05) is 16.7 Å². The number of anilines is 4. The number of benzene rings is 2. The predicted octanol–water partition coefficient (Wildman–Crippen LogP) is 6.64. The van der Waals surface area contributed by atoms with Gasteiger partial charge in [0.25, 0.3) is 5.91 Å². The average Bonchev–Trinajstić information content (AvgIpc) is 3.71. The molecule has 2 fully saturated rings. The summed E-state index contributed by atoms with van der Waals surface area (Å²) in [6.45, 7) is 12.7. The Kier molecular flexibility index (Phi) is 15.9. The van der Waals surface area contributed by atoms with Crippen molar-refractivity contribution in [3.8, 4) is 0 Å². The van der Waals surface area contributed by atoms with E-state index >= 15 is 0 Å². The number of carbonyl (C=O) groups excluding carboxylic acids is 3. The van der Waals surface area contributed by atoms with E-state index in [0.717, 1.165) is 28.5 Å². The maximum Gasteiger partial charge on any atom is 0.348 e. The monoisotopic (exact) mass is 802 g/mol. The first-order chi connectivity index (χ1) is 26.3. The summed E-state index contributed by atoms with van der Waals surface area (Å²) >= 11 is 2.41. The fourth-order valence-electron chi connectivity index (χ4n) is 5.44. The minimum atomic E-state index is -1.12. The predicted molar refractivity (Wildman–Crippen MR) is 208 cm³/mol. The summed E-state index contributed by atoms with van der Waals surface area (Å²) in [5.41, 5.74) is 8.58. The highest BCUT2D eigenvalue weighted by Crippen LogP contribution is 2.29. The molecule has 13 nitrogen and oxygen atoms in total. The number of amides is 1. The Labute approximate surface area is 325 Å². The number of carboxylic acids is 1. The van der Waals surface area contributed by atoms with E-state index in [-0.39, 0.29) is 23.7 Å². The van der Waals surface area contributed by atoms with Crippen molar-refractivity contribution in [3.63, 3.8) is 0 Å². The molecule has 4 aromatic rings. The maximum atomic E-state index is 14.0. The highest BCUT2D eigenvalue weighted by atomic mass is 32.1. The molecule has 0 saturated carbocycles. The number of hydrogen-bond donors (Lipinski definition) is 3. The first-order valence-electron chi connectivity index (χ1n) is 17.4. The molecule has 2 saturated heterocycles. The van der Waals surface area contributed by atoms with Gasteiger partial charge >= 0.3 is 17.9 Å². The van der Waals surface area contributed by atoms with E-state index in [1.54, 1.807) is 39.0 Å². The molecule has 4 N–H and O–H groups in total. The lowest BCUT2D eigenvalue weighted by atomic mass is 10.1. The molecule has 0 aliphatic carbocycles. The van der Waals surface area contributed by atoms with Gasteiger partial charge in [-0.05, 0) is 87.4 Å². The number of nitrogens with one attached hydrogen (secondary N) is 1. The maximum absolute atomic E-state index is 14.0. The second kappa shape index (κ2) is 20.5. The Morgan fingerprint density at radius 2 is 1.18 bits per heavy atom. The van der Waals surface area contributed by atoms with Crippen molar-refractivity contribution >= 4 is 67.9 Å². The normalized spacial score (nSPS) is 13.8. The summed E-state index contributed by atoms with van der Waals surface area (Å²) in [4.78, 5) is 51.4. The van der Waals surface area contributed by atoms with Crippen molar-refractivity contribution < 1.29 is 52.0 Å². The molecule has 1 amide bonds. The van der Waals surface area contributed by atoms with Crippen LogP contribution < -0.4 is 20.9 Å². The Balaban J connectivity index is 0.000000203. The van der Waals surface area contributed by atoms with Crippen molar-refractivity contribution in [2.45, 2.75) is 27.7 Å². The number of carbonyl (C=O) groups is 4. The number of esters is 2. The SMILES string of the molecule is CCOC(=O)c1sc(N)cc1C.CCOC(=O)c1sc(NC(=O)c2cc(F)cc(N3CCOCC3)c2)cc1C.O=C(O)c1cc(F)cc(N2CCOCC2)c1. The largest absolute Gasteiger partial charge is 0.478 e. The number of aryl methyl sites for hydroxylation is 2. The fourth-order valence-corrected chi connectivity index (χ4v) is 7.24. The quantitative estimate of drug-likeness (QED) is 0.155. The Morgan fingerprint density at radius 3 is 1.64 bits per heavy atom. The van der Waals surface area contributed by atoms with E-state index in [0.29, 0.717) is 90.3 Å². The molecule has 0 spiro atoms. The standard InChI is InChI=1S/C19H21FN2O4S.C11H12FNO3.C8H11NO2S/c1-3-26-19(24)17-12(2)8-16(27-17)21-18(23)13-9-14(20)11-15(10-13)22-4-6-25-7-5-22;12-9-5-8(11(14)15)6-10(7-9)13-1-3-16-4-2-13;1-3-11-8(10)7-5(2)4-6(9)12-7/h8-11H,3-7H2,1-2H3,(H,21,23);5-7H,1-4H2,(H,14,15);4H,3,9H2,1-2H3. The summed E-state index contributed by atoms with van der Waals surface area (Å²) in [7, 11) is 0. The Hall–Kier alpha value is -5.10. The number of ether oxygens (including phenoxy) is 4. The summed E-state index contributed by atoms with van der Waals surface area (Å²) in [6, 6.07) is 11.6. The second-order valence-corrected chi connectivity index (χ2v) is 14.2. The number of hydrogen-bond acceptors (Lipinski definition) is 13. The molecule has 0 radical (unpaired) electrons.